The monoisotopic (exact) mass is 480 g/mol. The van der Waals surface area contributed by atoms with Crippen LogP contribution in [0.3, 0.4) is 0 Å². The summed E-state index contributed by atoms with van der Waals surface area (Å²) in [6.07, 6.45) is -1.06. The third-order valence-electron chi connectivity index (χ3n) is 4.09. The van der Waals surface area contributed by atoms with E-state index in [0.717, 1.165) is 16.2 Å². The molecule has 1 aromatic heterocycles. The number of aliphatic carboxylic acids is 1. The normalized spacial score (nSPS) is 20.2. The van der Waals surface area contributed by atoms with Crippen molar-refractivity contribution < 1.29 is 33.9 Å². The molecule has 0 bridgehead atoms. The Morgan fingerprint density at radius 3 is 2.71 bits per heavy atom. The summed E-state index contributed by atoms with van der Waals surface area (Å²) in [5.41, 5.74) is 10.4. The van der Waals surface area contributed by atoms with Gasteiger partial charge in [0.2, 0.25) is 0 Å². The van der Waals surface area contributed by atoms with Gasteiger partial charge in [-0.15, -0.1) is 23.1 Å². The molecule has 2 aliphatic rings. The molecular formula is C15H17N6NaO7S2. The molecule has 2 aliphatic heterocycles. The summed E-state index contributed by atoms with van der Waals surface area (Å²) in [6.45, 7) is -0.354. The first-order chi connectivity index (χ1) is 14.2. The summed E-state index contributed by atoms with van der Waals surface area (Å²) in [4.78, 5) is 57.4. The number of carboxylic acid groups (broad SMARTS) is 1. The Morgan fingerprint density at radius 1 is 1.45 bits per heavy atom. The van der Waals surface area contributed by atoms with Gasteiger partial charge in [0, 0.05) is 16.7 Å². The Balaban J connectivity index is 0.00000341. The number of carbonyl (C=O) groups is 4. The molecule has 162 valence electrons. The number of thiazole rings is 1. The van der Waals surface area contributed by atoms with E-state index in [-0.39, 0.29) is 69.7 Å². The zero-order valence-corrected chi connectivity index (χ0v) is 17.0. The number of nitrogens with two attached hydrogens (primary N) is 2. The van der Waals surface area contributed by atoms with E-state index in [9.17, 15) is 24.3 Å². The fourth-order valence-electron chi connectivity index (χ4n) is 2.85. The molecule has 13 nitrogen and oxygen atoms in total. The van der Waals surface area contributed by atoms with E-state index in [0.29, 0.717) is 0 Å². The third kappa shape index (κ3) is 5.12. The van der Waals surface area contributed by atoms with Crippen LogP contribution < -0.4 is 16.8 Å². The predicted molar refractivity (Wildman–Crippen MR) is 112 cm³/mol. The molecule has 2 atom stereocenters. The van der Waals surface area contributed by atoms with Crippen molar-refractivity contribution in [3.05, 3.63) is 22.3 Å². The number of hydrogen-bond acceptors (Lipinski definition) is 11. The van der Waals surface area contributed by atoms with Crippen LogP contribution in [-0.4, -0.2) is 105 Å². The Morgan fingerprint density at radius 2 is 2.16 bits per heavy atom. The molecule has 0 spiro atoms. The Labute approximate surface area is 205 Å². The number of hydrogen-bond donors (Lipinski definition) is 4. The summed E-state index contributed by atoms with van der Waals surface area (Å²) < 4.78 is 4.66. The predicted octanol–water partition coefficient (Wildman–Crippen LogP) is -1.74. The van der Waals surface area contributed by atoms with Gasteiger partial charge in [-0.2, -0.15) is 0 Å². The van der Waals surface area contributed by atoms with Gasteiger partial charge < -0.3 is 31.5 Å². The molecule has 0 radical (unpaired) electrons. The molecule has 1 aromatic rings. The number of rotatable bonds is 7. The van der Waals surface area contributed by atoms with Crippen LogP contribution in [0.15, 0.2) is 21.8 Å². The van der Waals surface area contributed by atoms with Crippen molar-refractivity contribution in [2.45, 2.75) is 11.4 Å². The van der Waals surface area contributed by atoms with Crippen LogP contribution in [0.1, 0.15) is 5.69 Å². The number of primary amides is 1. The van der Waals surface area contributed by atoms with Crippen LogP contribution in [0, 0.1) is 0 Å². The van der Waals surface area contributed by atoms with Crippen LogP contribution >= 0.6 is 23.1 Å². The average Bonchev–Trinajstić information content (AvgIpc) is 3.13. The summed E-state index contributed by atoms with van der Waals surface area (Å²) >= 11 is 2.30. The van der Waals surface area contributed by atoms with Gasteiger partial charge in [-0.25, -0.2) is 14.6 Å². The molecule has 3 amide bonds. The van der Waals surface area contributed by atoms with Crippen molar-refractivity contribution >= 4 is 87.4 Å². The fraction of sp³-hybridized carbons (Fsp3) is 0.333. The van der Waals surface area contributed by atoms with E-state index in [1.54, 1.807) is 0 Å². The van der Waals surface area contributed by atoms with Gasteiger partial charge >= 0.3 is 41.6 Å². The van der Waals surface area contributed by atoms with Gasteiger partial charge in [0.1, 0.15) is 36.5 Å². The number of nitrogen functional groups attached to an aromatic ring is 1. The van der Waals surface area contributed by atoms with Crippen molar-refractivity contribution in [1.82, 2.24) is 15.2 Å². The molecule has 0 aliphatic carbocycles. The SMILES string of the molecule is CO/N=C(\C(=O)NC1C(=O)N2C(C(=O)O)=C(COC(N)=O)CS[C@H]12)c1csc(N)n1.[NaH]. The molecule has 3 rings (SSSR count). The van der Waals surface area contributed by atoms with E-state index in [4.69, 9.17) is 11.5 Å². The second kappa shape index (κ2) is 10.3. The van der Waals surface area contributed by atoms with Crippen LogP contribution in [0.25, 0.3) is 0 Å². The molecule has 1 saturated heterocycles. The number of fused-ring (bicyclic) bond motifs is 1. The first kappa shape index (κ1) is 24.9. The summed E-state index contributed by atoms with van der Waals surface area (Å²) in [5.74, 6) is -2.56. The van der Waals surface area contributed by atoms with Gasteiger partial charge in [-0.05, 0) is 0 Å². The first-order valence-corrected chi connectivity index (χ1v) is 10.1. The number of aromatic nitrogens is 1. The zero-order valence-electron chi connectivity index (χ0n) is 15.4. The molecule has 1 fully saturated rings. The number of thioether (sulfide) groups is 1. The molecule has 1 unspecified atom stereocenters. The Hall–Kier alpha value is -2.33. The Bertz CT molecular complexity index is 981. The molecule has 31 heavy (non-hydrogen) atoms. The van der Waals surface area contributed by atoms with E-state index < -0.39 is 35.3 Å². The Kier molecular flexibility index (Phi) is 8.30. The molecule has 16 heteroatoms. The van der Waals surface area contributed by atoms with Crippen LogP contribution in [0.2, 0.25) is 0 Å². The van der Waals surface area contributed by atoms with E-state index in [1.807, 2.05) is 0 Å². The number of ether oxygens (including phenoxy) is 1. The molecular weight excluding hydrogens is 463 g/mol. The van der Waals surface area contributed by atoms with E-state index >= 15 is 0 Å². The van der Waals surface area contributed by atoms with Crippen LogP contribution in [0.4, 0.5) is 9.93 Å². The molecule has 6 N–H and O–H groups in total. The zero-order chi connectivity index (χ0) is 22.0. The van der Waals surface area contributed by atoms with Crippen molar-refractivity contribution in [3.63, 3.8) is 0 Å². The van der Waals surface area contributed by atoms with Crippen molar-refractivity contribution in [1.29, 1.82) is 0 Å². The van der Waals surface area contributed by atoms with E-state index in [2.05, 4.69) is 25.0 Å². The topological polar surface area (TPSA) is 200 Å². The number of carboxylic acids is 1. The minimum atomic E-state index is -1.36. The molecule has 3 heterocycles. The quantitative estimate of drug-likeness (QED) is 0.150. The van der Waals surface area contributed by atoms with Gasteiger partial charge in [0.15, 0.2) is 10.8 Å². The van der Waals surface area contributed by atoms with Gasteiger partial charge in [0.25, 0.3) is 11.8 Å². The summed E-state index contributed by atoms with van der Waals surface area (Å²) in [5, 5.41) is 16.8. The fourth-order valence-corrected chi connectivity index (χ4v) is 4.73. The molecule has 0 aromatic carbocycles. The number of nitrogens with zero attached hydrogens (tertiary/aromatic N) is 3. The number of anilines is 1. The number of nitrogens with one attached hydrogen (secondary N) is 1. The second-order valence-corrected chi connectivity index (χ2v) is 7.91. The maximum atomic E-state index is 12.6. The van der Waals surface area contributed by atoms with Crippen molar-refractivity contribution in [3.8, 4) is 0 Å². The summed E-state index contributed by atoms with van der Waals surface area (Å²) in [6, 6.07) is -0.992. The second-order valence-electron chi connectivity index (χ2n) is 5.92. The third-order valence-corrected chi connectivity index (χ3v) is 6.10. The number of carbonyl (C=O) groups excluding carboxylic acids is 3. The number of β-lactam (4-membered cyclic amide) rings is 1. The number of oxime groups is 1. The first-order valence-electron chi connectivity index (χ1n) is 8.20. The van der Waals surface area contributed by atoms with Gasteiger partial charge in [-0.3, -0.25) is 14.5 Å². The number of amides is 3. The summed E-state index contributed by atoms with van der Waals surface area (Å²) in [7, 11) is 1.25. The average molecular weight is 480 g/mol. The van der Waals surface area contributed by atoms with Gasteiger partial charge in [0.05, 0.1) is 0 Å². The van der Waals surface area contributed by atoms with Crippen molar-refractivity contribution in [2.24, 2.45) is 10.9 Å². The van der Waals surface area contributed by atoms with Crippen LogP contribution in [0.5, 0.6) is 0 Å². The maximum absolute atomic E-state index is 12.6. The van der Waals surface area contributed by atoms with E-state index in [1.165, 1.54) is 24.3 Å². The van der Waals surface area contributed by atoms with Gasteiger partial charge in [-0.1, -0.05) is 5.16 Å². The van der Waals surface area contributed by atoms with Crippen molar-refractivity contribution in [2.75, 3.05) is 25.2 Å². The van der Waals surface area contributed by atoms with Crippen LogP contribution in [-0.2, 0) is 24.0 Å². The minimum absolute atomic E-state index is 0. The molecule has 0 saturated carbocycles. The standard InChI is InChI=1S/C15H16N6O7S2.Na.H/c1-27-20-7(6-4-30-14(16)18-6)10(22)19-8-11(23)21-9(13(24)25)5(2-28-15(17)26)3-29-12(8)21;;/h4,8,12H,2-3H2,1H3,(H2,16,18)(H2,17,26)(H,19,22)(H,24,25);;/b20-7-;;/t8?,12-;;/m1../s1.